The van der Waals surface area contributed by atoms with Crippen LogP contribution in [-0.2, 0) is 9.59 Å². The van der Waals surface area contributed by atoms with E-state index in [1.54, 1.807) is 17.0 Å². The molecule has 3 amide bonds. The first-order valence-corrected chi connectivity index (χ1v) is 10.4. The zero-order valence-electron chi connectivity index (χ0n) is 17.1. The molecule has 6 nitrogen and oxygen atoms in total. The van der Waals surface area contributed by atoms with Gasteiger partial charge in [0.05, 0.1) is 0 Å². The number of nitrogens with zero attached hydrogens (tertiary/aromatic N) is 1. The lowest BCUT2D eigenvalue weighted by Gasteiger charge is -2.23. The van der Waals surface area contributed by atoms with Crippen molar-refractivity contribution in [3.05, 3.63) is 35.9 Å². The zero-order valence-corrected chi connectivity index (χ0v) is 17.1. The Morgan fingerprint density at radius 1 is 1.18 bits per heavy atom. The lowest BCUT2D eigenvalue weighted by atomic mass is 9.97. The predicted octanol–water partition coefficient (Wildman–Crippen LogP) is 2.60. The number of carbonyl (C=O) groups is 3. The van der Waals surface area contributed by atoms with Gasteiger partial charge in [0.15, 0.2) is 0 Å². The second-order valence-electron chi connectivity index (χ2n) is 7.86. The van der Waals surface area contributed by atoms with Gasteiger partial charge in [0.1, 0.15) is 0 Å². The van der Waals surface area contributed by atoms with Gasteiger partial charge in [0.2, 0.25) is 11.8 Å². The van der Waals surface area contributed by atoms with Crippen LogP contribution in [0.4, 0.5) is 0 Å². The maximum absolute atomic E-state index is 12.8. The van der Waals surface area contributed by atoms with Crippen molar-refractivity contribution in [2.24, 2.45) is 11.8 Å². The summed E-state index contributed by atoms with van der Waals surface area (Å²) in [4.78, 5) is 39.2. The molecule has 1 aliphatic heterocycles. The van der Waals surface area contributed by atoms with Gasteiger partial charge in [0, 0.05) is 44.1 Å². The smallest absolute Gasteiger partial charge is 0.253 e. The van der Waals surface area contributed by atoms with Crippen LogP contribution in [0.15, 0.2) is 30.3 Å². The monoisotopic (exact) mass is 387 g/mol. The highest BCUT2D eigenvalue weighted by Crippen LogP contribution is 2.15. The summed E-state index contributed by atoms with van der Waals surface area (Å²) in [6.07, 6.45) is 3.32. The molecular formula is C22H33N3O3. The van der Waals surface area contributed by atoms with E-state index in [-0.39, 0.29) is 30.1 Å². The van der Waals surface area contributed by atoms with Gasteiger partial charge < -0.3 is 15.5 Å². The maximum Gasteiger partial charge on any atom is 0.253 e. The van der Waals surface area contributed by atoms with Crippen LogP contribution in [0.25, 0.3) is 0 Å². The van der Waals surface area contributed by atoms with Crippen LogP contribution in [0, 0.1) is 11.8 Å². The highest BCUT2D eigenvalue weighted by atomic mass is 16.2. The number of carbonyl (C=O) groups excluding carboxylic acids is 3. The van der Waals surface area contributed by atoms with E-state index in [0.29, 0.717) is 50.5 Å². The summed E-state index contributed by atoms with van der Waals surface area (Å²) in [6, 6.07) is 9.13. The molecule has 0 radical (unpaired) electrons. The van der Waals surface area contributed by atoms with E-state index in [9.17, 15) is 14.4 Å². The van der Waals surface area contributed by atoms with Gasteiger partial charge in [-0.25, -0.2) is 0 Å². The van der Waals surface area contributed by atoms with Crippen LogP contribution >= 0.6 is 0 Å². The third kappa shape index (κ3) is 7.33. The van der Waals surface area contributed by atoms with Gasteiger partial charge in [-0.3, -0.25) is 14.4 Å². The Balaban J connectivity index is 1.98. The number of rotatable bonds is 5. The molecule has 0 spiro atoms. The van der Waals surface area contributed by atoms with Crippen molar-refractivity contribution < 1.29 is 14.4 Å². The van der Waals surface area contributed by atoms with Gasteiger partial charge in [0.25, 0.3) is 5.91 Å². The Labute approximate surface area is 168 Å². The summed E-state index contributed by atoms with van der Waals surface area (Å²) >= 11 is 0. The Morgan fingerprint density at radius 2 is 1.93 bits per heavy atom. The van der Waals surface area contributed by atoms with Gasteiger partial charge in [-0.1, -0.05) is 32.0 Å². The second-order valence-corrected chi connectivity index (χ2v) is 7.86. The highest BCUT2D eigenvalue weighted by Gasteiger charge is 2.22. The number of hydrogen-bond donors (Lipinski definition) is 2. The Hall–Kier alpha value is -2.37. The molecule has 1 saturated heterocycles. The highest BCUT2D eigenvalue weighted by molar-refractivity contribution is 5.94. The van der Waals surface area contributed by atoms with Gasteiger partial charge in [-0.15, -0.1) is 0 Å². The molecule has 1 unspecified atom stereocenters. The largest absolute Gasteiger partial charge is 0.356 e. The van der Waals surface area contributed by atoms with Crippen molar-refractivity contribution in [1.29, 1.82) is 0 Å². The van der Waals surface area contributed by atoms with Gasteiger partial charge in [-0.05, 0) is 43.7 Å². The molecule has 2 rings (SSSR count). The van der Waals surface area contributed by atoms with E-state index in [0.717, 1.165) is 12.8 Å². The normalized spacial score (nSPS) is 18.9. The molecule has 1 aliphatic rings. The fraction of sp³-hybridized carbons (Fsp3) is 0.591. The molecule has 0 aliphatic carbocycles. The summed E-state index contributed by atoms with van der Waals surface area (Å²) in [5.41, 5.74) is 0.626. The van der Waals surface area contributed by atoms with Crippen molar-refractivity contribution in [2.75, 3.05) is 26.2 Å². The van der Waals surface area contributed by atoms with Crippen molar-refractivity contribution in [2.45, 2.75) is 46.0 Å². The first-order valence-electron chi connectivity index (χ1n) is 10.4. The minimum absolute atomic E-state index is 0.0510. The number of nitrogens with one attached hydrogen (secondary N) is 2. The van der Waals surface area contributed by atoms with Crippen LogP contribution in [0.5, 0.6) is 0 Å². The van der Waals surface area contributed by atoms with E-state index in [1.165, 1.54) is 0 Å². The summed E-state index contributed by atoms with van der Waals surface area (Å²) in [5.74, 6) is 0.316. The van der Waals surface area contributed by atoms with Crippen molar-refractivity contribution >= 4 is 17.7 Å². The molecule has 2 N–H and O–H groups in total. The average Bonchev–Trinajstić information content (AvgIpc) is 2.72. The molecule has 0 bridgehead atoms. The molecule has 1 aromatic rings. The maximum atomic E-state index is 12.8. The fourth-order valence-electron chi connectivity index (χ4n) is 3.35. The third-order valence-corrected chi connectivity index (χ3v) is 5.10. The summed E-state index contributed by atoms with van der Waals surface area (Å²) in [5, 5.41) is 5.90. The van der Waals surface area contributed by atoms with Crippen molar-refractivity contribution in [3.63, 3.8) is 0 Å². The van der Waals surface area contributed by atoms with Crippen LogP contribution < -0.4 is 10.6 Å². The minimum Gasteiger partial charge on any atom is -0.356 e. The first kappa shape index (κ1) is 21.9. The number of hydrogen-bond acceptors (Lipinski definition) is 3. The van der Waals surface area contributed by atoms with Gasteiger partial charge in [-0.2, -0.15) is 0 Å². The quantitative estimate of drug-likeness (QED) is 0.815. The fourth-order valence-corrected chi connectivity index (χ4v) is 3.35. The molecule has 1 fully saturated rings. The molecule has 28 heavy (non-hydrogen) atoms. The Kier molecular flexibility index (Phi) is 8.98. The standard InChI is InChI=1S/C22H33N3O3/c1-17(2)10-13-24-21(27)18-9-6-15-25(16-12-20(26)23-14-11-18)22(28)19-7-4-3-5-8-19/h3-5,7-8,17-18H,6,9-16H2,1-2H3,(H,23,26)(H,24,27). The summed E-state index contributed by atoms with van der Waals surface area (Å²) in [7, 11) is 0. The average molecular weight is 388 g/mol. The zero-order chi connectivity index (χ0) is 20.4. The molecule has 6 heteroatoms. The van der Waals surface area contributed by atoms with Crippen molar-refractivity contribution in [3.8, 4) is 0 Å². The van der Waals surface area contributed by atoms with Crippen LogP contribution in [0.1, 0.15) is 56.3 Å². The SMILES string of the molecule is CC(C)CCNC(=O)C1CCCN(C(=O)c2ccccc2)CCC(=O)NCC1. The molecule has 154 valence electrons. The van der Waals surface area contributed by atoms with E-state index in [4.69, 9.17) is 0 Å². The van der Waals surface area contributed by atoms with Gasteiger partial charge >= 0.3 is 0 Å². The predicted molar refractivity (Wildman–Crippen MR) is 110 cm³/mol. The molecule has 1 atom stereocenters. The lowest BCUT2D eigenvalue weighted by molar-refractivity contribution is -0.126. The number of benzene rings is 1. The summed E-state index contributed by atoms with van der Waals surface area (Å²) < 4.78 is 0. The first-order chi connectivity index (χ1) is 13.5. The third-order valence-electron chi connectivity index (χ3n) is 5.10. The van der Waals surface area contributed by atoms with Crippen molar-refractivity contribution in [1.82, 2.24) is 15.5 Å². The Bertz CT molecular complexity index is 646. The second kappa shape index (κ2) is 11.5. The molecule has 0 saturated carbocycles. The topological polar surface area (TPSA) is 78.5 Å². The molecule has 1 heterocycles. The van der Waals surface area contributed by atoms with E-state index < -0.39 is 0 Å². The molecule has 0 aromatic heterocycles. The molecule has 1 aromatic carbocycles. The lowest BCUT2D eigenvalue weighted by Crippen LogP contribution is -2.35. The minimum atomic E-state index is -0.140. The number of amides is 3. The van der Waals surface area contributed by atoms with Crippen LogP contribution in [0.3, 0.4) is 0 Å². The van der Waals surface area contributed by atoms with E-state index in [2.05, 4.69) is 24.5 Å². The Morgan fingerprint density at radius 3 is 2.64 bits per heavy atom. The summed E-state index contributed by atoms with van der Waals surface area (Å²) in [6.45, 7) is 6.38. The van der Waals surface area contributed by atoms with E-state index >= 15 is 0 Å². The van der Waals surface area contributed by atoms with E-state index in [1.807, 2.05) is 18.2 Å². The van der Waals surface area contributed by atoms with Crippen LogP contribution in [-0.4, -0.2) is 48.8 Å². The van der Waals surface area contributed by atoms with Crippen LogP contribution in [0.2, 0.25) is 0 Å². The molecular weight excluding hydrogens is 354 g/mol.